The van der Waals surface area contributed by atoms with Crippen LogP contribution in [0.15, 0.2) is 10.5 Å². The number of hydrogen-bond donors (Lipinski definition) is 0. The van der Waals surface area contributed by atoms with E-state index in [9.17, 15) is 8.78 Å². The van der Waals surface area contributed by atoms with E-state index in [2.05, 4.69) is 20.9 Å². The molecule has 0 aliphatic carbocycles. The van der Waals surface area contributed by atoms with Crippen molar-refractivity contribution in [1.29, 1.82) is 0 Å². The van der Waals surface area contributed by atoms with E-state index in [0.717, 1.165) is 0 Å². The van der Waals surface area contributed by atoms with Gasteiger partial charge >= 0.3 is 0 Å². The molecule has 72 valence electrons. The molecule has 1 rings (SSSR count). The molecule has 0 aliphatic heterocycles. The molecule has 0 aromatic carbocycles. The second-order valence-electron chi connectivity index (χ2n) is 2.15. The van der Waals surface area contributed by atoms with E-state index in [1.54, 1.807) is 0 Å². The summed E-state index contributed by atoms with van der Waals surface area (Å²) in [5.41, 5.74) is -0.259. The van der Waals surface area contributed by atoms with Crippen molar-refractivity contribution >= 4 is 38.5 Å². The lowest BCUT2D eigenvalue weighted by Crippen LogP contribution is -1.97. The molecule has 2 nitrogen and oxygen atoms in total. The molecule has 0 bridgehead atoms. The lowest BCUT2D eigenvalue weighted by atomic mass is 10.3. The highest BCUT2D eigenvalue weighted by Crippen LogP contribution is 2.31. The average Bonchev–Trinajstić information content (AvgIpc) is 2.07. The smallest absolute Gasteiger partial charge is 0.281 e. The van der Waals surface area contributed by atoms with Crippen molar-refractivity contribution in [3.05, 3.63) is 19.9 Å². The number of alkyl halides is 2. The second-order valence-corrected chi connectivity index (χ2v) is 4.03. The van der Waals surface area contributed by atoms with E-state index in [1.807, 2.05) is 22.6 Å². The molecule has 1 aromatic rings. The Morgan fingerprint density at radius 3 is 2.69 bits per heavy atom. The molecule has 0 spiro atoms. The topological polar surface area (TPSA) is 22.1 Å². The lowest BCUT2D eigenvalue weighted by Gasteiger charge is -2.06. The predicted molar refractivity (Wildman–Crippen MR) is 56.2 cm³/mol. The Balaban J connectivity index is 3.20. The first-order chi connectivity index (χ1) is 6.06. The van der Waals surface area contributed by atoms with Crippen LogP contribution in [-0.2, 0) is 0 Å². The van der Waals surface area contributed by atoms with Crippen molar-refractivity contribution in [1.82, 2.24) is 4.98 Å². The Morgan fingerprint density at radius 1 is 1.62 bits per heavy atom. The van der Waals surface area contributed by atoms with Crippen molar-refractivity contribution in [2.75, 3.05) is 7.11 Å². The Bertz CT molecular complexity index is 322. The molecule has 1 heterocycles. The number of methoxy groups -OCH3 is 1. The summed E-state index contributed by atoms with van der Waals surface area (Å²) in [5, 5.41) is 0. The predicted octanol–water partition coefficient (Wildman–Crippen LogP) is 3.39. The van der Waals surface area contributed by atoms with Crippen molar-refractivity contribution in [3.63, 3.8) is 0 Å². The Kier molecular flexibility index (Phi) is 3.84. The fraction of sp³-hybridized carbons (Fsp3) is 0.286. The maximum atomic E-state index is 12.3. The minimum Gasteiger partial charge on any atom is -0.494 e. The SMILES string of the molecule is COc1cc(Br)c(C(F)F)nc1I. The van der Waals surface area contributed by atoms with Gasteiger partial charge in [0.2, 0.25) is 0 Å². The van der Waals surface area contributed by atoms with Crippen LogP contribution in [0.5, 0.6) is 5.75 Å². The zero-order valence-corrected chi connectivity index (χ0v) is 10.3. The molecule has 0 saturated heterocycles. The molecule has 0 amide bonds. The standard InChI is InChI=1S/C7H5BrF2INO/c1-13-4-2-3(8)5(6(9)10)12-7(4)11/h2,6H,1H3. The third kappa shape index (κ3) is 2.49. The van der Waals surface area contributed by atoms with Crippen LogP contribution in [0.2, 0.25) is 0 Å². The highest BCUT2D eigenvalue weighted by atomic mass is 127. The van der Waals surface area contributed by atoms with Crippen LogP contribution in [0.1, 0.15) is 12.1 Å². The number of ether oxygens (including phenoxy) is 1. The zero-order chi connectivity index (χ0) is 10.0. The monoisotopic (exact) mass is 363 g/mol. The van der Waals surface area contributed by atoms with Crippen LogP contribution in [-0.4, -0.2) is 12.1 Å². The van der Waals surface area contributed by atoms with E-state index in [4.69, 9.17) is 4.74 Å². The maximum Gasteiger partial charge on any atom is 0.281 e. The van der Waals surface area contributed by atoms with Gasteiger partial charge in [0.1, 0.15) is 9.39 Å². The quantitative estimate of drug-likeness (QED) is 0.593. The van der Waals surface area contributed by atoms with Crippen LogP contribution in [0.3, 0.4) is 0 Å². The normalized spacial score (nSPS) is 10.6. The Morgan fingerprint density at radius 2 is 2.23 bits per heavy atom. The lowest BCUT2D eigenvalue weighted by molar-refractivity contribution is 0.144. The Labute approximate surface area is 96.0 Å². The molecular formula is C7H5BrF2INO. The van der Waals surface area contributed by atoms with Crippen LogP contribution < -0.4 is 4.74 Å². The molecule has 0 atom stereocenters. The van der Waals surface area contributed by atoms with Crippen molar-refractivity contribution < 1.29 is 13.5 Å². The zero-order valence-electron chi connectivity index (χ0n) is 6.52. The van der Waals surface area contributed by atoms with Gasteiger partial charge in [-0.1, -0.05) is 0 Å². The van der Waals surface area contributed by atoms with Crippen LogP contribution in [0.25, 0.3) is 0 Å². The molecule has 0 aliphatic rings. The largest absolute Gasteiger partial charge is 0.494 e. The molecule has 1 aromatic heterocycles. The fourth-order valence-electron chi connectivity index (χ4n) is 0.759. The van der Waals surface area contributed by atoms with E-state index >= 15 is 0 Å². The first kappa shape index (κ1) is 11.1. The highest BCUT2D eigenvalue weighted by Gasteiger charge is 2.16. The van der Waals surface area contributed by atoms with Gasteiger partial charge in [-0.2, -0.15) is 0 Å². The number of halogens is 4. The molecular weight excluding hydrogens is 359 g/mol. The first-order valence-corrected chi connectivity index (χ1v) is 5.11. The van der Waals surface area contributed by atoms with E-state index in [1.165, 1.54) is 13.2 Å². The van der Waals surface area contributed by atoms with Gasteiger partial charge in [-0.15, -0.1) is 0 Å². The third-order valence-corrected chi connectivity index (χ3v) is 2.76. The average molecular weight is 364 g/mol. The van der Waals surface area contributed by atoms with E-state index < -0.39 is 6.43 Å². The van der Waals surface area contributed by atoms with Gasteiger partial charge in [-0.25, -0.2) is 13.8 Å². The number of pyridine rings is 1. The summed E-state index contributed by atoms with van der Waals surface area (Å²) in [7, 11) is 1.47. The minimum atomic E-state index is -2.58. The molecule has 0 radical (unpaired) electrons. The highest BCUT2D eigenvalue weighted by molar-refractivity contribution is 14.1. The maximum absolute atomic E-state index is 12.3. The van der Waals surface area contributed by atoms with Crippen molar-refractivity contribution in [3.8, 4) is 5.75 Å². The number of nitrogens with zero attached hydrogens (tertiary/aromatic N) is 1. The number of rotatable bonds is 2. The van der Waals surface area contributed by atoms with Gasteiger partial charge in [0.05, 0.1) is 7.11 Å². The molecule has 13 heavy (non-hydrogen) atoms. The minimum absolute atomic E-state index is 0.259. The van der Waals surface area contributed by atoms with E-state index in [-0.39, 0.29) is 10.2 Å². The summed E-state index contributed by atoms with van der Waals surface area (Å²) in [6.45, 7) is 0. The van der Waals surface area contributed by atoms with Gasteiger partial charge in [0, 0.05) is 4.47 Å². The summed E-state index contributed by atoms with van der Waals surface area (Å²) in [6.07, 6.45) is -2.58. The molecule has 0 N–H and O–H groups in total. The molecule has 0 fully saturated rings. The van der Waals surface area contributed by atoms with Crippen LogP contribution >= 0.6 is 38.5 Å². The van der Waals surface area contributed by atoms with Crippen LogP contribution in [0, 0.1) is 3.70 Å². The van der Waals surface area contributed by atoms with Crippen LogP contribution in [0.4, 0.5) is 8.78 Å². The molecule has 0 unspecified atom stereocenters. The number of aromatic nitrogens is 1. The van der Waals surface area contributed by atoms with Gasteiger partial charge in [0.25, 0.3) is 6.43 Å². The van der Waals surface area contributed by atoms with Gasteiger partial charge in [-0.05, 0) is 44.6 Å². The number of hydrogen-bond acceptors (Lipinski definition) is 2. The second kappa shape index (κ2) is 4.50. The van der Waals surface area contributed by atoms with Crippen molar-refractivity contribution in [2.45, 2.75) is 6.43 Å². The van der Waals surface area contributed by atoms with Gasteiger partial charge < -0.3 is 4.74 Å². The summed E-state index contributed by atoms with van der Waals surface area (Å²) < 4.78 is 30.2. The van der Waals surface area contributed by atoms with Crippen molar-refractivity contribution in [2.24, 2.45) is 0 Å². The third-order valence-electron chi connectivity index (χ3n) is 1.35. The molecule has 0 saturated carbocycles. The summed E-state index contributed by atoms with van der Waals surface area (Å²) in [4.78, 5) is 3.71. The summed E-state index contributed by atoms with van der Waals surface area (Å²) in [6, 6.07) is 1.48. The Hall–Kier alpha value is 0.0200. The fourth-order valence-corrected chi connectivity index (χ4v) is 1.86. The summed E-state index contributed by atoms with van der Waals surface area (Å²) >= 11 is 4.84. The van der Waals surface area contributed by atoms with Gasteiger partial charge in [-0.3, -0.25) is 0 Å². The summed E-state index contributed by atoms with van der Waals surface area (Å²) in [5.74, 6) is 0.483. The molecule has 6 heteroatoms. The van der Waals surface area contributed by atoms with E-state index in [0.29, 0.717) is 9.45 Å². The first-order valence-electron chi connectivity index (χ1n) is 3.24. The van der Waals surface area contributed by atoms with Gasteiger partial charge in [0.15, 0.2) is 5.75 Å².